The number of benzene rings is 2. The maximum absolute atomic E-state index is 14.1. The van der Waals surface area contributed by atoms with Crippen LogP contribution in [0.4, 0.5) is 15.8 Å². The van der Waals surface area contributed by atoms with Gasteiger partial charge in [0.15, 0.2) is 6.10 Å². The van der Waals surface area contributed by atoms with Crippen molar-refractivity contribution in [2.45, 2.75) is 46.3 Å². The second-order valence-corrected chi connectivity index (χ2v) is 6.96. The quantitative estimate of drug-likeness (QED) is 0.797. The van der Waals surface area contributed by atoms with Crippen LogP contribution < -0.4 is 15.0 Å². The van der Waals surface area contributed by atoms with Gasteiger partial charge in [-0.25, -0.2) is 4.39 Å². The van der Waals surface area contributed by atoms with E-state index in [4.69, 9.17) is 4.74 Å². The van der Waals surface area contributed by atoms with Crippen LogP contribution in [0.3, 0.4) is 0 Å². The molecule has 5 nitrogen and oxygen atoms in total. The van der Waals surface area contributed by atoms with Gasteiger partial charge in [0.2, 0.25) is 5.91 Å². The average molecular weight is 384 g/mol. The molecule has 0 aromatic heterocycles. The first-order valence-corrected chi connectivity index (χ1v) is 9.60. The lowest BCUT2D eigenvalue weighted by atomic mass is 10.0. The zero-order valence-electron chi connectivity index (χ0n) is 16.4. The van der Waals surface area contributed by atoms with Crippen LogP contribution in [0.5, 0.6) is 5.75 Å². The number of nitrogens with zero attached hydrogens (tertiary/aromatic N) is 1. The lowest BCUT2D eigenvalue weighted by Gasteiger charge is -2.33. The van der Waals surface area contributed by atoms with Crippen LogP contribution in [0, 0.1) is 11.7 Å². The second-order valence-electron chi connectivity index (χ2n) is 6.96. The summed E-state index contributed by atoms with van der Waals surface area (Å²) in [7, 11) is 0. The van der Waals surface area contributed by atoms with Gasteiger partial charge in [-0.1, -0.05) is 32.0 Å². The zero-order chi connectivity index (χ0) is 20.3. The van der Waals surface area contributed by atoms with E-state index in [-0.39, 0.29) is 30.1 Å². The number of carbonyl (C=O) groups excluding carboxylic acids is 2. The summed E-state index contributed by atoms with van der Waals surface area (Å²) >= 11 is 0. The molecule has 1 aliphatic rings. The molecule has 1 aliphatic heterocycles. The molecule has 0 aliphatic carbocycles. The highest BCUT2D eigenvalue weighted by Gasteiger charge is 2.32. The highest BCUT2D eigenvalue weighted by atomic mass is 19.1. The largest absolute Gasteiger partial charge is 0.479 e. The average Bonchev–Trinajstić information content (AvgIpc) is 2.68. The Morgan fingerprint density at radius 2 is 1.93 bits per heavy atom. The Bertz CT molecular complexity index is 880. The van der Waals surface area contributed by atoms with E-state index in [1.807, 2.05) is 13.8 Å². The van der Waals surface area contributed by atoms with E-state index in [1.54, 1.807) is 43.3 Å². The Hall–Kier alpha value is -2.89. The molecule has 0 fully saturated rings. The molecule has 2 amide bonds. The highest BCUT2D eigenvalue weighted by Crippen LogP contribution is 2.37. The summed E-state index contributed by atoms with van der Waals surface area (Å²) in [4.78, 5) is 26.6. The van der Waals surface area contributed by atoms with Gasteiger partial charge in [0.1, 0.15) is 11.6 Å². The van der Waals surface area contributed by atoms with Crippen molar-refractivity contribution in [1.29, 1.82) is 0 Å². The number of halogens is 1. The maximum Gasteiger partial charge on any atom is 0.268 e. The molecular formula is C22H25FN2O3. The summed E-state index contributed by atoms with van der Waals surface area (Å²) in [6.07, 6.45) is 0.849. The maximum atomic E-state index is 14.1. The molecule has 0 spiro atoms. The first-order chi connectivity index (χ1) is 13.4. The first-order valence-electron chi connectivity index (χ1n) is 9.60. The van der Waals surface area contributed by atoms with Gasteiger partial charge in [-0.2, -0.15) is 0 Å². The van der Waals surface area contributed by atoms with E-state index in [0.717, 1.165) is 12.8 Å². The normalized spacial score (nSPS) is 16.0. The van der Waals surface area contributed by atoms with Crippen molar-refractivity contribution in [2.75, 3.05) is 10.2 Å². The summed E-state index contributed by atoms with van der Waals surface area (Å²) in [5.41, 5.74) is 1.52. The first kappa shape index (κ1) is 19.9. The molecule has 1 atom stereocenters. The fourth-order valence-electron chi connectivity index (χ4n) is 3.35. The Labute approximate surface area is 164 Å². The molecule has 2 aromatic carbocycles. The van der Waals surface area contributed by atoms with Crippen LogP contribution in [0.15, 0.2) is 42.5 Å². The van der Waals surface area contributed by atoms with Crippen molar-refractivity contribution in [2.24, 2.45) is 5.92 Å². The predicted octanol–water partition coefficient (Wildman–Crippen LogP) is 4.51. The van der Waals surface area contributed by atoms with Gasteiger partial charge < -0.3 is 15.0 Å². The summed E-state index contributed by atoms with van der Waals surface area (Å²) < 4.78 is 19.8. The molecule has 2 aromatic rings. The van der Waals surface area contributed by atoms with Crippen LogP contribution >= 0.6 is 0 Å². The number of fused-ring (bicyclic) bond motifs is 1. The van der Waals surface area contributed by atoms with Gasteiger partial charge in [0.25, 0.3) is 5.91 Å². The van der Waals surface area contributed by atoms with Gasteiger partial charge in [0.05, 0.1) is 12.2 Å². The predicted molar refractivity (Wildman–Crippen MR) is 107 cm³/mol. The second kappa shape index (κ2) is 8.42. The molecule has 0 saturated carbocycles. The molecule has 1 unspecified atom stereocenters. The number of rotatable bonds is 6. The molecule has 148 valence electrons. The van der Waals surface area contributed by atoms with Crippen molar-refractivity contribution < 1.29 is 18.7 Å². The summed E-state index contributed by atoms with van der Waals surface area (Å²) in [5.74, 6) is -0.206. The minimum atomic E-state index is -0.663. The SMILES string of the molecule is CCC(CC)C(=O)Nc1ccc2c(c1)N(Cc1ccccc1F)C(=O)C(C)O2. The summed E-state index contributed by atoms with van der Waals surface area (Å²) in [5, 5.41) is 2.91. The van der Waals surface area contributed by atoms with E-state index in [9.17, 15) is 14.0 Å². The molecule has 1 heterocycles. The molecule has 0 bridgehead atoms. The fourth-order valence-corrected chi connectivity index (χ4v) is 3.35. The van der Waals surface area contributed by atoms with Crippen molar-refractivity contribution in [1.82, 2.24) is 0 Å². The Balaban J connectivity index is 1.92. The van der Waals surface area contributed by atoms with Crippen LogP contribution in [0.2, 0.25) is 0 Å². The van der Waals surface area contributed by atoms with Crippen molar-refractivity contribution in [3.63, 3.8) is 0 Å². The fraction of sp³-hybridized carbons (Fsp3) is 0.364. The third-order valence-electron chi connectivity index (χ3n) is 5.08. The van der Waals surface area contributed by atoms with E-state index < -0.39 is 6.10 Å². The minimum Gasteiger partial charge on any atom is -0.479 e. The third-order valence-corrected chi connectivity index (χ3v) is 5.08. The Kier molecular flexibility index (Phi) is 5.97. The smallest absolute Gasteiger partial charge is 0.268 e. The van der Waals surface area contributed by atoms with Crippen molar-refractivity contribution in [3.05, 3.63) is 53.8 Å². The molecule has 6 heteroatoms. The van der Waals surface area contributed by atoms with Gasteiger partial charge in [-0.05, 0) is 44.0 Å². The summed E-state index contributed by atoms with van der Waals surface area (Å²) in [6.45, 7) is 5.72. The summed E-state index contributed by atoms with van der Waals surface area (Å²) in [6, 6.07) is 11.6. The Morgan fingerprint density at radius 3 is 2.61 bits per heavy atom. The third kappa shape index (κ3) is 4.01. The molecule has 0 radical (unpaired) electrons. The molecule has 3 rings (SSSR count). The highest BCUT2D eigenvalue weighted by molar-refractivity contribution is 6.01. The lowest BCUT2D eigenvalue weighted by molar-refractivity contribution is -0.125. The number of amides is 2. The molecule has 1 N–H and O–H groups in total. The molecular weight excluding hydrogens is 359 g/mol. The number of carbonyl (C=O) groups is 2. The lowest BCUT2D eigenvalue weighted by Crippen LogP contribution is -2.44. The molecule has 28 heavy (non-hydrogen) atoms. The minimum absolute atomic E-state index is 0.0537. The zero-order valence-corrected chi connectivity index (χ0v) is 16.4. The van der Waals surface area contributed by atoms with Crippen molar-refractivity contribution >= 4 is 23.2 Å². The van der Waals surface area contributed by atoms with E-state index in [2.05, 4.69) is 5.32 Å². The topological polar surface area (TPSA) is 58.6 Å². The van der Waals surface area contributed by atoms with Crippen molar-refractivity contribution in [3.8, 4) is 5.75 Å². The van der Waals surface area contributed by atoms with Crippen LogP contribution in [-0.2, 0) is 16.1 Å². The monoisotopic (exact) mass is 384 g/mol. The van der Waals surface area contributed by atoms with Gasteiger partial charge >= 0.3 is 0 Å². The number of ether oxygens (including phenoxy) is 1. The van der Waals surface area contributed by atoms with Gasteiger partial charge in [-0.3, -0.25) is 9.59 Å². The number of hydrogen-bond acceptors (Lipinski definition) is 3. The Morgan fingerprint density at radius 1 is 1.21 bits per heavy atom. The van der Waals surface area contributed by atoms with E-state index in [0.29, 0.717) is 22.7 Å². The van der Waals surface area contributed by atoms with Crippen LogP contribution in [0.25, 0.3) is 0 Å². The molecule has 0 saturated heterocycles. The standard InChI is InChI=1S/C22H25FN2O3/c1-4-15(5-2)21(26)24-17-10-11-20-19(12-17)25(22(27)14(3)28-20)13-16-8-6-7-9-18(16)23/h6-12,14-15H,4-5,13H2,1-3H3,(H,24,26). The van der Waals surface area contributed by atoms with Crippen LogP contribution in [-0.4, -0.2) is 17.9 Å². The van der Waals surface area contributed by atoms with Gasteiger partial charge in [-0.15, -0.1) is 0 Å². The van der Waals surface area contributed by atoms with E-state index >= 15 is 0 Å². The van der Waals surface area contributed by atoms with Crippen LogP contribution in [0.1, 0.15) is 39.2 Å². The number of nitrogens with one attached hydrogen (secondary N) is 1. The van der Waals surface area contributed by atoms with E-state index in [1.165, 1.54) is 11.0 Å². The van der Waals surface area contributed by atoms with Gasteiger partial charge in [0, 0.05) is 17.2 Å². The number of hydrogen-bond donors (Lipinski definition) is 1. The number of anilines is 2.